The summed E-state index contributed by atoms with van der Waals surface area (Å²) in [6.45, 7) is 0.660. The molecule has 0 radical (unpaired) electrons. The number of aromatic amines is 1. The number of ether oxygens (including phenoxy) is 1. The molecule has 2 heterocycles. The number of fused-ring (bicyclic) bond motifs is 1. The molecular weight excluding hydrogens is 318 g/mol. The number of benzene rings is 1. The lowest BCUT2D eigenvalue weighted by atomic mass is 10.1. The minimum absolute atomic E-state index is 0.00828. The number of rotatable bonds is 5. The van der Waals surface area contributed by atoms with Crippen molar-refractivity contribution in [3.63, 3.8) is 0 Å². The number of carbonyl (C=O) groups excluding carboxylic acids is 2. The summed E-state index contributed by atoms with van der Waals surface area (Å²) >= 11 is 0. The van der Waals surface area contributed by atoms with Gasteiger partial charge in [0.1, 0.15) is 11.8 Å². The third kappa shape index (κ3) is 3.21. The Morgan fingerprint density at radius 3 is 2.92 bits per heavy atom. The predicted molar refractivity (Wildman–Crippen MR) is 94.5 cm³/mol. The Hall–Kier alpha value is -2.50. The van der Waals surface area contributed by atoms with Gasteiger partial charge in [0.05, 0.1) is 13.5 Å². The molecule has 2 amide bonds. The molecule has 6 heteroatoms. The van der Waals surface area contributed by atoms with Crippen LogP contribution in [0.5, 0.6) is 5.75 Å². The van der Waals surface area contributed by atoms with Gasteiger partial charge in [0, 0.05) is 29.7 Å². The van der Waals surface area contributed by atoms with Crippen molar-refractivity contribution < 1.29 is 14.3 Å². The van der Waals surface area contributed by atoms with Crippen molar-refractivity contribution in [2.75, 3.05) is 13.7 Å². The van der Waals surface area contributed by atoms with E-state index in [0.717, 1.165) is 47.9 Å². The third-order valence-electron chi connectivity index (χ3n) is 5.12. The molecule has 0 spiro atoms. The number of aromatic nitrogens is 1. The van der Waals surface area contributed by atoms with Crippen molar-refractivity contribution in [3.8, 4) is 5.75 Å². The first-order valence-corrected chi connectivity index (χ1v) is 8.89. The zero-order valence-electron chi connectivity index (χ0n) is 14.4. The number of nitrogens with one attached hydrogen (secondary N) is 2. The summed E-state index contributed by atoms with van der Waals surface area (Å²) in [7, 11) is 1.63. The Bertz CT molecular complexity index is 809. The number of nitrogens with zero attached hydrogens (tertiary/aromatic N) is 1. The Balaban J connectivity index is 1.50. The van der Waals surface area contributed by atoms with Gasteiger partial charge in [-0.15, -0.1) is 0 Å². The zero-order chi connectivity index (χ0) is 17.4. The van der Waals surface area contributed by atoms with Crippen molar-refractivity contribution in [2.24, 2.45) is 0 Å². The average Bonchev–Trinajstić information content (AvgIpc) is 3.14. The van der Waals surface area contributed by atoms with Crippen LogP contribution in [0, 0.1) is 0 Å². The fourth-order valence-electron chi connectivity index (χ4n) is 3.56. The maximum Gasteiger partial charge on any atom is 0.243 e. The first-order chi connectivity index (χ1) is 12.2. The van der Waals surface area contributed by atoms with Crippen molar-refractivity contribution in [3.05, 3.63) is 30.0 Å². The van der Waals surface area contributed by atoms with E-state index in [0.29, 0.717) is 19.0 Å². The number of hydrogen-bond donors (Lipinski definition) is 2. The number of likely N-dealkylation sites (tertiary alicyclic amines) is 1. The monoisotopic (exact) mass is 341 g/mol. The van der Waals surface area contributed by atoms with Gasteiger partial charge in [-0.2, -0.15) is 0 Å². The molecule has 4 rings (SSSR count). The fraction of sp³-hybridized carbons (Fsp3) is 0.474. The Morgan fingerprint density at radius 1 is 1.32 bits per heavy atom. The fourth-order valence-corrected chi connectivity index (χ4v) is 3.56. The topological polar surface area (TPSA) is 74.4 Å². The van der Waals surface area contributed by atoms with Gasteiger partial charge in [0.25, 0.3) is 0 Å². The quantitative estimate of drug-likeness (QED) is 0.873. The summed E-state index contributed by atoms with van der Waals surface area (Å²) in [5, 5.41) is 4.02. The molecule has 1 atom stereocenters. The van der Waals surface area contributed by atoms with Crippen LogP contribution in [0.25, 0.3) is 10.9 Å². The lowest BCUT2D eigenvalue weighted by Gasteiger charge is -2.24. The van der Waals surface area contributed by atoms with Gasteiger partial charge in [0.2, 0.25) is 11.8 Å². The molecule has 6 nitrogen and oxygen atoms in total. The maximum absolute atomic E-state index is 12.8. The molecule has 25 heavy (non-hydrogen) atoms. The second kappa shape index (κ2) is 6.43. The molecule has 1 aliphatic carbocycles. The molecule has 1 aromatic heterocycles. The van der Waals surface area contributed by atoms with E-state index in [4.69, 9.17) is 4.74 Å². The highest BCUT2D eigenvalue weighted by Crippen LogP contribution is 2.26. The molecule has 0 bridgehead atoms. The van der Waals surface area contributed by atoms with Crippen LogP contribution in [0.3, 0.4) is 0 Å². The molecule has 2 aromatic rings. The lowest BCUT2D eigenvalue weighted by Crippen LogP contribution is -2.47. The van der Waals surface area contributed by atoms with Crippen LogP contribution in [-0.2, 0) is 16.0 Å². The largest absolute Gasteiger partial charge is 0.497 e. The van der Waals surface area contributed by atoms with Gasteiger partial charge >= 0.3 is 0 Å². The molecule has 2 N–H and O–H groups in total. The van der Waals surface area contributed by atoms with E-state index < -0.39 is 0 Å². The first kappa shape index (κ1) is 16.0. The van der Waals surface area contributed by atoms with E-state index >= 15 is 0 Å². The number of H-pyrrole nitrogens is 1. The smallest absolute Gasteiger partial charge is 0.243 e. The van der Waals surface area contributed by atoms with E-state index in [1.165, 1.54) is 0 Å². The zero-order valence-corrected chi connectivity index (χ0v) is 14.4. The maximum atomic E-state index is 12.8. The molecule has 132 valence electrons. The Labute approximate surface area is 146 Å². The number of methoxy groups -OCH3 is 1. The normalized spacial score (nSPS) is 20.0. The number of amides is 2. The van der Waals surface area contributed by atoms with Gasteiger partial charge in [-0.05, 0) is 49.4 Å². The van der Waals surface area contributed by atoms with Crippen LogP contribution in [0.4, 0.5) is 0 Å². The minimum atomic E-state index is -0.312. The van der Waals surface area contributed by atoms with Crippen molar-refractivity contribution in [1.29, 1.82) is 0 Å². The highest BCUT2D eigenvalue weighted by atomic mass is 16.5. The van der Waals surface area contributed by atoms with Crippen molar-refractivity contribution in [1.82, 2.24) is 15.2 Å². The van der Waals surface area contributed by atoms with E-state index in [1.54, 1.807) is 12.0 Å². The van der Waals surface area contributed by atoms with Gasteiger partial charge in [-0.3, -0.25) is 9.59 Å². The predicted octanol–water partition coefficient (Wildman–Crippen LogP) is 1.99. The summed E-state index contributed by atoms with van der Waals surface area (Å²) in [6.07, 6.45) is 5.92. The van der Waals surface area contributed by atoms with Crippen LogP contribution >= 0.6 is 0 Å². The summed E-state index contributed by atoms with van der Waals surface area (Å²) in [6, 6.07) is 5.79. The molecule has 1 unspecified atom stereocenters. The van der Waals surface area contributed by atoms with Crippen LogP contribution in [0.15, 0.2) is 24.4 Å². The van der Waals surface area contributed by atoms with Crippen LogP contribution in [0.1, 0.15) is 31.2 Å². The van der Waals surface area contributed by atoms with Crippen LogP contribution in [-0.4, -0.2) is 47.4 Å². The molecular formula is C19H23N3O3. The van der Waals surface area contributed by atoms with Crippen molar-refractivity contribution in [2.45, 2.75) is 44.2 Å². The van der Waals surface area contributed by atoms with Crippen molar-refractivity contribution >= 4 is 22.7 Å². The van der Waals surface area contributed by atoms with Crippen LogP contribution in [0.2, 0.25) is 0 Å². The van der Waals surface area contributed by atoms with E-state index in [1.807, 2.05) is 24.4 Å². The molecule has 1 aromatic carbocycles. The van der Waals surface area contributed by atoms with Gasteiger partial charge in [-0.1, -0.05) is 0 Å². The Kier molecular flexibility index (Phi) is 4.11. The molecule has 1 saturated heterocycles. The molecule has 1 saturated carbocycles. The molecule has 1 aliphatic heterocycles. The lowest BCUT2D eigenvalue weighted by molar-refractivity contribution is -0.138. The molecule has 2 fully saturated rings. The highest BCUT2D eigenvalue weighted by Gasteiger charge is 2.36. The molecule has 2 aliphatic rings. The highest BCUT2D eigenvalue weighted by molar-refractivity contribution is 5.92. The Morgan fingerprint density at radius 2 is 2.16 bits per heavy atom. The number of carbonyl (C=O) groups is 2. The third-order valence-corrected chi connectivity index (χ3v) is 5.12. The minimum Gasteiger partial charge on any atom is -0.497 e. The SMILES string of the molecule is COc1ccc2[nH]cc(CC(=O)N3CCCC3C(=O)NC3CC3)c2c1. The van der Waals surface area contributed by atoms with Gasteiger partial charge in [-0.25, -0.2) is 0 Å². The van der Waals surface area contributed by atoms with Crippen LogP contribution < -0.4 is 10.1 Å². The van der Waals surface area contributed by atoms with Gasteiger partial charge in [0.15, 0.2) is 0 Å². The summed E-state index contributed by atoms with van der Waals surface area (Å²) in [5.74, 6) is 0.787. The summed E-state index contributed by atoms with van der Waals surface area (Å²) in [5.41, 5.74) is 1.92. The number of hydrogen-bond acceptors (Lipinski definition) is 3. The average molecular weight is 341 g/mol. The van der Waals surface area contributed by atoms with E-state index in [9.17, 15) is 9.59 Å². The van der Waals surface area contributed by atoms with E-state index in [2.05, 4.69) is 10.3 Å². The van der Waals surface area contributed by atoms with Gasteiger partial charge < -0.3 is 19.9 Å². The van der Waals surface area contributed by atoms with E-state index in [-0.39, 0.29) is 17.9 Å². The second-order valence-electron chi connectivity index (χ2n) is 6.93. The summed E-state index contributed by atoms with van der Waals surface area (Å²) in [4.78, 5) is 30.2. The second-order valence-corrected chi connectivity index (χ2v) is 6.93. The first-order valence-electron chi connectivity index (χ1n) is 8.89. The summed E-state index contributed by atoms with van der Waals surface area (Å²) < 4.78 is 5.28. The standard InChI is InChI=1S/C19H23N3O3/c1-25-14-6-7-16-15(10-14)12(11-20-16)9-18(23)22-8-2-3-17(22)19(24)21-13-4-5-13/h6-7,10-11,13,17,20H,2-5,8-9H2,1H3,(H,21,24).